The molecule has 0 saturated heterocycles. The predicted molar refractivity (Wildman–Crippen MR) is 109 cm³/mol. The van der Waals surface area contributed by atoms with E-state index in [2.05, 4.69) is 4.98 Å². The summed E-state index contributed by atoms with van der Waals surface area (Å²) in [6.45, 7) is 2.16. The fourth-order valence-corrected chi connectivity index (χ4v) is 3.83. The molecule has 1 heterocycles. The fraction of sp³-hybridized carbons (Fsp3) is 0.250. The van der Waals surface area contributed by atoms with Crippen molar-refractivity contribution in [3.8, 4) is 5.69 Å². The van der Waals surface area contributed by atoms with Crippen molar-refractivity contribution in [2.24, 2.45) is 0 Å². The van der Waals surface area contributed by atoms with E-state index in [1.54, 1.807) is 29.7 Å². The fourth-order valence-electron chi connectivity index (χ4n) is 2.67. The van der Waals surface area contributed by atoms with Gasteiger partial charge in [-0.3, -0.25) is 14.2 Å². The quantitative estimate of drug-likeness (QED) is 0.252. The molecule has 0 radical (unpaired) electrons. The molecule has 0 unspecified atom stereocenters. The van der Waals surface area contributed by atoms with E-state index in [-0.39, 0.29) is 11.5 Å². The number of nitrogens with zero attached hydrogens (tertiary/aromatic N) is 2. The topological polar surface area (TPSA) is 61.2 Å². The van der Waals surface area contributed by atoms with Crippen LogP contribution < -0.4 is 5.56 Å². The van der Waals surface area contributed by atoms with Crippen LogP contribution in [0.1, 0.15) is 19.8 Å². The first-order valence-electron chi connectivity index (χ1n) is 8.67. The van der Waals surface area contributed by atoms with Gasteiger partial charge in [-0.05, 0) is 37.6 Å². The lowest BCUT2D eigenvalue weighted by atomic mass is 10.2. The third-order valence-electron chi connectivity index (χ3n) is 3.90. The van der Waals surface area contributed by atoms with Gasteiger partial charge in [-0.25, -0.2) is 4.98 Å². The van der Waals surface area contributed by atoms with Gasteiger partial charge in [-0.2, -0.15) is 0 Å². The molecule has 3 aromatic rings. The van der Waals surface area contributed by atoms with Crippen molar-refractivity contribution >= 4 is 40.2 Å². The first-order chi connectivity index (χ1) is 13.1. The zero-order chi connectivity index (χ0) is 19.2. The van der Waals surface area contributed by atoms with Crippen molar-refractivity contribution in [1.29, 1.82) is 0 Å². The predicted octanol–water partition coefficient (Wildman–Crippen LogP) is 4.47. The Balaban J connectivity index is 1.95. The lowest BCUT2D eigenvalue weighted by Crippen LogP contribution is -2.22. The molecule has 0 bridgehead atoms. The van der Waals surface area contributed by atoms with Gasteiger partial charge in [0.2, 0.25) is 0 Å². The number of ether oxygens (including phenoxy) is 1. The van der Waals surface area contributed by atoms with Gasteiger partial charge in [0.1, 0.15) is 0 Å². The maximum atomic E-state index is 13.1. The van der Waals surface area contributed by atoms with E-state index in [1.807, 2.05) is 30.3 Å². The maximum absolute atomic E-state index is 13.1. The van der Waals surface area contributed by atoms with E-state index in [0.717, 1.165) is 0 Å². The van der Waals surface area contributed by atoms with Gasteiger partial charge in [0.15, 0.2) is 5.16 Å². The van der Waals surface area contributed by atoms with Crippen LogP contribution in [-0.4, -0.2) is 27.9 Å². The molecule has 0 aliphatic rings. The Morgan fingerprint density at radius 2 is 1.93 bits per heavy atom. The smallest absolute Gasteiger partial charge is 0.305 e. The second-order valence-corrected chi connectivity index (χ2v) is 7.23. The van der Waals surface area contributed by atoms with E-state index in [0.29, 0.717) is 52.0 Å². The maximum Gasteiger partial charge on any atom is 0.305 e. The Morgan fingerprint density at radius 1 is 1.19 bits per heavy atom. The summed E-state index contributed by atoms with van der Waals surface area (Å²) in [5.41, 5.74) is 1.07. The van der Waals surface area contributed by atoms with Crippen LogP contribution in [0.3, 0.4) is 0 Å². The largest absolute Gasteiger partial charge is 0.466 e. The number of carbonyl (C=O) groups is 1. The summed E-state index contributed by atoms with van der Waals surface area (Å²) in [6, 6.07) is 14.4. The summed E-state index contributed by atoms with van der Waals surface area (Å²) in [5, 5.41) is 1.56. The molecule has 0 aliphatic carbocycles. The number of thioether (sulfide) groups is 1. The molecule has 2 aromatic carbocycles. The molecule has 0 N–H and O–H groups in total. The zero-order valence-corrected chi connectivity index (χ0v) is 16.4. The molecule has 140 valence electrons. The van der Waals surface area contributed by atoms with Gasteiger partial charge >= 0.3 is 5.97 Å². The monoisotopic (exact) mass is 402 g/mol. The summed E-state index contributed by atoms with van der Waals surface area (Å²) in [7, 11) is 0. The molecule has 3 rings (SSSR count). The Kier molecular flexibility index (Phi) is 6.53. The number of aromatic nitrogens is 2. The molecule has 7 heteroatoms. The highest BCUT2D eigenvalue weighted by Gasteiger charge is 2.15. The summed E-state index contributed by atoms with van der Waals surface area (Å²) >= 11 is 7.76. The van der Waals surface area contributed by atoms with Crippen LogP contribution >= 0.6 is 23.4 Å². The SMILES string of the molecule is CCOC(=O)CCCSc1nc2ccccc2c(=O)n1-c1ccccc1Cl. The number of rotatable bonds is 7. The average molecular weight is 403 g/mol. The van der Waals surface area contributed by atoms with Gasteiger partial charge in [-0.15, -0.1) is 0 Å². The minimum absolute atomic E-state index is 0.165. The van der Waals surface area contributed by atoms with Crippen molar-refractivity contribution in [2.75, 3.05) is 12.4 Å². The number of benzene rings is 2. The normalized spacial score (nSPS) is 10.9. The Hall–Kier alpha value is -2.31. The number of hydrogen-bond acceptors (Lipinski definition) is 5. The first-order valence-corrected chi connectivity index (χ1v) is 10.0. The highest BCUT2D eigenvalue weighted by atomic mass is 35.5. The molecule has 5 nitrogen and oxygen atoms in total. The van der Waals surface area contributed by atoms with E-state index < -0.39 is 0 Å². The number of esters is 1. The van der Waals surface area contributed by atoms with Crippen LogP contribution in [0.5, 0.6) is 0 Å². The van der Waals surface area contributed by atoms with E-state index >= 15 is 0 Å². The Labute approximate surface area is 166 Å². The second-order valence-electron chi connectivity index (χ2n) is 5.76. The van der Waals surface area contributed by atoms with Crippen LogP contribution in [0.15, 0.2) is 58.5 Å². The number of hydrogen-bond donors (Lipinski definition) is 0. The van der Waals surface area contributed by atoms with Crippen LogP contribution in [0.4, 0.5) is 0 Å². The summed E-state index contributed by atoms with van der Waals surface area (Å²) < 4.78 is 6.48. The van der Waals surface area contributed by atoms with Crippen molar-refractivity contribution in [1.82, 2.24) is 9.55 Å². The van der Waals surface area contributed by atoms with Crippen LogP contribution in [0.2, 0.25) is 5.02 Å². The number of para-hydroxylation sites is 2. The lowest BCUT2D eigenvalue weighted by Gasteiger charge is -2.14. The molecule has 0 spiro atoms. The van der Waals surface area contributed by atoms with Crippen LogP contribution in [0, 0.1) is 0 Å². The van der Waals surface area contributed by atoms with Gasteiger partial charge in [0.25, 0.3) is 5.56 Å². The molecule has 1 aromatic heterocycles. The molecule has 0 atom stereocenters. The van der Waals surface area contributed by atoms with Gasteiger partial charge in [0.05, 0.1) is 28.2 Å². The van der Waals surface area contributed by atoms with E-state index in [1.165, 1.54) is 11.8 Å². The highest BCUT2D eigenvalue weighted by molar-refractivity contribution is 7.99. The summed E-state index contributed by atoms with van der Waals surface area (Å²) in [4.78, 5) is 29.3. The molecule has 0 fully saturated rings. The van der Waals surface area contributed by atoms with E-state index in [4.69, 9.17) is 16.3 Å². The van der Waals surface area contributed by atoms with Crippen molar-refractivity contribution < 1.29 is 9.53 Å². The zero-order valence-electron chi connectivity index (χ0n) is 14.9. The number of carbonyl (C=O) groups excluding carboxylic acids is 1. The standard InChI is InChI=1S/C20H19ClN2O3S/c1-2-26-18(24)12-7-13-27-20-22-16-10-5-3-8-14(16)19(25)23(20)17-11-6-4-9-15(17)21/h3-6,8-11H,2,7,12-13H2,1H3. The second kappa shape index (κ2) is 9.06. The Morgan fingerprint density at radius 3 is 2.70 bits per heavy atom. The first kappa shape index (κ1) is 19.5. The van der Waals surface area contributed by atoms with Crippen molar-refractivity contribution in [3.05, 3.63) is 63.9 Å². The molecule has 0 amide bonds. The molecule has 0 aliphatic heterocycles. The molecule has 0 saturated carbocycles. The summed E-state index contributed by atoms with van der Waals surface area (Å²) in [5.74, 6) is 0.418. The third kappa shape index (κ3) is 4.51. The third-order valence-corrected chi connectivity index (χ3v) is 5.24. The molecule has 27 heavy (non-hydrogen) atoms. The van der Waals surface area contributed by atoms with Crippen molar-refractivity contribution in [2.45, 2.75) is 24.9 Å². The minimum Gasteiger partial charge on any atom is -0.466 e. The van der Waals surface area contributed by atoms with E-state index in [9.17, 15) is 9.59 Å². The number of fused-ring (bicyclic) bond motifs is 1. The lowest BCUT2D eigenvalue weighted by molar-refractivity contribution is -0.143. The summed E-state index contributed by atoms with van der Waals surface area (Å²) in [6.07, 6.45) is 0.972. The highest BCUT2D eigenvalue weighted by Crippen LogP contribution is 2.26. The Bertz CT molecular complexity index is 1020. The minimum atomic E-state index is -0.215. The molecular formula is C20H19ClN2O3S. The van der Waals surface area contributed by atoms with Crippen molar-refractivity contribution in [3.63, 3.8) is 0 Å². The van der Waals surface area contributed by atoms with Crippen LogP contribution in [-0.2, 0) is 9.53 Å². The molecular weight excluding hydrogens is 384 g/mol. The van der Waals surface area contributed by atoms with Gasteiger partial charge < -0.3 is 4.74 Å². The number of halogens is 1. The van der Waals surface area contributed by atoms with Crippen LogP contribution in [0.25, 0.3) is 16.6 Å². The van der Waals surface area contributed by atoms with Gasteiger partial charge in [0, 0.05) is 12.2 Å². The van der Waals surface area contributed by atoms with Gasteiger partial charge in [-0.1, -0.05) is 47.6 Å². The average Bonchev–Trinajstić information content (AvgIpc) is 2.67.